The van der Waals surface area contributed by atoms with Gasteiger partial charge in [-0.2, -0.15) is 0 Å². The van der Waals surface area contributed by atoms with Crippen molar-refractivity contribution in [3.8, 4) is 11.6 Å². The van der Waals surface area contributed by atoms with E-state index in [1.165, 1.54) is 17.3 Å². The number of benzene rings is 1. The Bertz CT molecular complexity index is 1070. The number of ether oxygens (including phenoxy) is 1. The van der Waals surface area contributed by atoms with E-state index in [9.17, 15) is 4.79 Å². The molecule has 0 saturated heterocycles. The predicted molar refractivity (Wildman–Crippen MR) is 89.4 cm³/mol. The number of fused-ring (bicyclic) bond motifs is 2. The maximum absolute atomic E-state index is 11.3. The number of hydrogen-bond donors (Lipinski definition) is 0. The molecule has 114 valence electrons. The molecule has 1 aromatic carbocycles. The summed E-state index contributed by atoms with van der Waals surface area (Å²) in [4.78, 5) is 22.0. The minimum Gasteiger partial charge on any atom is -0.438 e. The summed E-state index contributed by atoms with van der Waals surface area (Å²) in [6, 6.07) is 10.5. The number of hydrogen-bond acceptors (Lipinski definition) is 6. The summed E-state index contributed by atoms with van der Waals surface area (Å²) < 4.78 is 11.1. The van der Waals surface area contributed by atoms with Gasteiger partial charge in [0.2, 0.25) is 5.88 Å². The smallest absolute Gasteiger partial charge is 0.336 e. The van der Waals surface area contributed by atoms with Crippen molar-refractivity contribution in [1.29, 1.82) is 0 Å². The van der Waals surface area contributed by atoms with E-state index in [0.29, 0.717) is 17.2 Å². The van der Waals surface area contributed by atoms with Gasteiger partial charge in [-0.05, 0) is 30.7 Å². The zero-order valence-corrected chi connectivity index (χ0v) is 13.1. The molecule has 0 bridgehead atoms. The second-order valence-electron chi connectivity index (χ2n) is 5.02. The molecular weight excluding hydrogens is 312 g/mol. The average Bonchev–Trinajstić information content (AvgIpc) is 2.99. The third-order valence-electron chi connectivity index (χ3n) is 3.50. The fourth-order valence-electron chi connectivity index (χ4n) is 2.36. The Morgan fingerprint density at radius 1 is 1.17 bits per heavy atom. The molecule has 5 nitrogen and oxygen atoms in total. The summed E-state index contributed by atoms with van der Waals surface area (Å²) in [6.45, 7) is 2.10. The third-order valence-corrected chi connectivity index (χ3v) is 4.69. The molecule has 0 aliphatic rings. The van der Waals surface area contributed by atoms with Crippen LogP contribution in [0.2, 0.25) is 0 Å². The molecule has 4 rings (SSSR count). The van der Waals surface area contributed by atoms with E-state index < -0.39 is 0 Å². The van der Waals surface area contributed by atoms with Crippen molar-refractivity contribution in [3.63, 3.8) is 0 Å². The lowest BCUT2D eigenvalue weighted by molar-refractivity contribution is 0.466. The predicted octanol–water partition coefficient (Wildman–Crippen LogP) is 4.15. The quantitative estimate of drug-likeness (QED) is 0.530. The first kappa shape index (κ1) is 13.9. The van der Waals surface area contributed by atoms with Crippen LogP contribution >= 0.6 is 11.3 Å². The number of aromatic nitrogens is 2. The van der Waals surface area contributed by atoms with Crippen LogP contribution in [0.1, 0.15) is 11.8 Å². The van der Waals surface area contributed by atoms with Crippen molar-refractivity contribution in [3.05, 3.63) is 58.0 Å². The zero-order chi connectivity index (χ0) is 15.8. The Morgan fingerprint density at radius 2 is 2.04 bits per heavy atom. The molecule has 0 fully saturated rings. The molecule has 0 saturated carbocycles. The number of nitrogens with zero attached hydrogens (tertiary/aromatic N) is 2. The third kappa shape index (κ3) is 2.57. The average molecular weight is 324 g/mol. The summed E-state index contributed by atoms with van der Waals surface area (Å²) in [6.07, 6.45) is 2.44. The largest absolute Gasteiger partial charge is 0.438 e. The van der Waals surface area contributed by atoms with Crippen LogP contribution in [0.15, 0.2) is 51.9 Å². The van der Waals surface area contributed by atoms with Gasteiger partial charge in [0.05, 0.1) is 5.39 Å². The summed E-state index contributed by atoms with van der Waals surface area (Å²) in [7, 11) is 0. The van der Waals surface area contributed by atoms with Gasteiger partial charge < -0.3 is 9.15 Å². The lowest BCUT2D eigenvalue weighted by Gasteiger charge is -2.06. The van der Waals surface area contributed by atoms with Gasteiger partial charge in [-0.1, -0.05) is 6.92 Å². The van der Waals surface area contributed by atoms with Crippen molar-refractivity contribution >= 4 is 32.5 Å². The van der Waals surface area contributed by atoms with E-state index in [2.05, 4.69) is 23.0 Å². The van der Waals surface area contributed by atoms with Crippen molar-refractivity contribution < 1.29 is 9.15 Å². The van der Waals surface area contributed by atoms with Crippen molar-refractivity contribution in [2.75, 3.05) is 0 Å². The molecule has 0 spiro atoms. The highest BCUT2D eigenvalue weighted by molar-refractivity contribution is 7.18. The van der Waals surface area contributed by atoms with Gasteiger partial charge in [0.1, 0.15) is 22.5 Å². The first-order chi connectivity index (χ1) is 11.2. The topological polar surface area (TPSA) is 65.2 Å². The molecule has 0 amide bonds. The molecule has 0 radical (unpaired) electrons. The van der Waals surface area contributed by atoms with Crippen LogP contribution in [0.3, 0.4) is 0 Å². The Labute approximate surface area is 135 Å². The van der Waals surface area contributed by atoms with Crippen molar-refractivity contribution in [2.45, 2.75) is 13.3 Å². The summed E-state index contributed by atoms with van der Waals surface area (Å²) in [5, 5.41) is 1.73. The summed E-state index contributed by atoms with van der Waals surface area (Å²) >= 11 is 1.64. The molecule has 0 aliphatic heterocycles. The van der Waals surface area contributed by atoms with Crippen LogP contribution in [0.4, 0.5) is 0 Å². The first-order valence-corrected chi connectivity index (χ1v) is 8.00. The molecular formula is C17H12N2O3S. The summed E-state index contributed by atoms with van der Waals surface area (Å²) in [5.74, 6) is 1.07. The second-order valence-corrected chi connectivity index (χ2v) is 6.14. The second kappa shape index (κ2) is 5.48. The van der Waals surface area contributed by atoms with Gasteiger partial charge in [-0.3, -0.25) is 0 Å². The molecule has 0 unspecified atom stereocenters. The van der Waals surface area contributed by atoms with Gasteiger partial charge in [0, 0.05) is 22.4 Å². The first-order valence-electron chi connectivity index (χ1n) is 7.18. The van der Waals surface area contributed by atoms with Crippen molar-refractivity contribution in [1.82, 2.24) is 9.97 Å². The normalized spacial score (nSPS) is 11.2. The van der Waals surface area contributed by atoms with E-state index in [1.54, 1.807) is 23.5 Å². The maximum atomic E-state index is 11.3. The molecule has 0 N–H and O–H groups in total. The van der Waals surface area contributed by atoms with Crippen LogP contribution in [0, 0.1) is 0 Å². The highest BCUT2D eigenvalue weighted by Crippen LogP contribution is 2.33. The molecule has 23 heavy (non-hydrogen) atoms. The van der Waals surface area contributed by atoms with Gasteiger partial charge in [0.15, 0.2) is 0 Å². The zero-order valence-electron chi connectivity index (χ0n) is 12.3. The van der Waals surface area contributed by atoms with Crippen molar-refractivity contribution in [2.24, 2.45) is 0 Å². The van der Waals surface area contributed by atoms with Crippen LogP contribution in [-0.4, -0.2) is 9.97 Å². The molecule has 4 aromatic rings. The van der Waals surface area contributed by atoms with Crippen LogP contribution in [0.25, 0.3) is 21.2 Å². The molecule has 0 aliphatic carbocycles. The van der Waals surface area contributed by atoms with Crippen LogP contribution < -0.4 is 10.4 Å². The summed E-state index contributed by atoms with van der Waals surface area (Å²) in [5.41, 5.74) is 0.101. The van der Waals surface area contributed by atoms with E-state index in [4.69, 9.17) is 9.15 Å². The van der Waals surface area contributed by atoms with Gasteiger partial charge in [-0.15, -0.1) is 11.3 Å². The monoisotopic (exact) mass is 324 g/mol. The number of thiophene rings is 1. The molecule has 6 heteroatoms. The Kier molecular flexibility index (Phi) is 3.31. The Hall–Kier alpha value is -2.73. The molecule has 3 heterocycles. The lowest BCUT2D eigenvalue weighted by Crippen LogP contribution is -1.95. The Balaban J connectivity index is 1.78. The minimum atomic E-state index is -0.385. The number of aryl methyl sites for hydroxylation is 1. The number of rotatable bonds is 3. The molecule has 3 aromatic heterocycles. The van der Waals surface area contributed by atoms with E-state index in [-0.39, 0.29) is 5.63 Å². The fourth-order valence-corrected chi connectivity index (χ4v) is 3.28. The minimum absolute atomic E-state index is 0.385. The fraction of sp³-hybridized carbons (Fsp3) is 0.118. The van der Waals surface area contributed by atoms with Gasteiger partial charge in [0.25, 0.3) is 0 Å². The van der Waals surface area contributed by atoms with E-state index >= 15 is 0 Å². The lowest BCUT2D eigenvalue weighted by atomic mass is 10.2. The van der Waals surface area contributed by atoms with Crippen LogP contribution in [0.5, 0.6) is 11.6 Å². The van der Waals surface area contributed by atoms with Gasteiger partial charge in [-0.25, -0.2) is 14.8 Å². The van der Waals surface area contributed by atoms with Crippen LogP contribution in [-0.2, 0) is 6.42 Å². The standard InChI is InChI=1S/C17H12N2O3S/c1-2-12-8-13-16(18-9-19-17(13)23-12)21-11-5-3-10-4-6-15(20)22-14(10)7-11/h3-9H,2H2,1H3. The highest BCUT2D eigenvalue weighted by Gasteiger charge is 2.10. The van der Waals surface area contributed by atoms with Gasteiger partial charge >= 0.3 is 5.63 Å². The van der Waals surface area contributed by atoms with E-state index in [1.807, 2.05) is 12.1 Å². The SMILES string of the molecule is CCc1cc2c(Oc3ccc4ccc(=O)oc4c3)ncnc2s1. The van der Waals surface area contributed by atoms with E-state index in [0.717, 1.165) is 22.0 Å². The Morgan fingerprint density at radius 3 is 2.91 bits per heavy atom. The molecule has 0 atom stereocenters. The highest BCUT2D eigenvalue weighted by atomic mass is 32.1. The maximum Gasteiger partial charge on any atom is 0.336 e.